The van der Waals surface area contributed by atoms with Crippen molar-refractivity contribution in [2.45, 2.75) is 18.7 Å². The molecule has 0 heterocycles. The molecule has 0 saturated carbocycles. The lowest BCUT2D eigenvalue weighted by atomic mass is 10.2. The Morgan fingerprint density at radius 2 is 1.90 bits per heavy atom. The Morgan fingerprint density at radius 1 is 1.30 bits per heavy atom. The Kier molecular flexibility index (Phi) is 2.63. The predicted octanol–water partition coefficient (Wildman–Crippen LogP) is 3.20. The van der Waals surface area contributed by atoms with Crippen LogP contribution in [0.15, 0.2) is 17.0 Å². The van der Waals surface area contributed by atoms with Crippen molar-refractivity contribution >= 4 is 35.2 Å². The second-order valence-electron chi connectivity index (χ2n) is 2.39. The van der Waals surface area contributed by atoms with Crippen molar-refractivity contribution in [3.8, 4) is 0 Å². The maximum Gasteiger partial charge on any atom is 0.0173 e. The minimum absolute atomic E-state index is 1.09. The van der Waals surface area contributed by atoms with Crippen LogP contribution in [-0.2, 0) is 0 Å². The smallest absolute Gasteiger partial charge is 0.0173 e. The van der Waals surface area contributed by atoms with Gasteiger partial charge in [0, 0.05) is 8.47 Å². The van der Waals surface area contributed by atoms with E-state index in [1.54, 1.807) is 0 Å². The van der Waals surface area contributed by atoms with Crippen LogP contribution in [0.2, 0.25) is 0 Å². The first-order chi connectivity index (χ1) is 4.61. The monoisotopic (exact) mass is 264 g/mol. The maximum absolute atomic E-state index is 4.33. The molecule has 1 aromatic rings. The first-order valence-corrected chi connectivity index (χ1v) is 4.59. The van der Waals surface area contributed by atoms with Gasteiger partial charge in [0.15, 0.2) is 0 Å². The molecular formula is C8H9IS. The summed E-state index contributed by atoms with van der Waals surface area (Å²) >= 11 is 6.66. The van der Waals surface area contributed by atoms with Gasteiger partial charge in [0.1, 0.15) is 0 Å². The molecule has 0 unspecified atom stereocenters. The molecule has 0 atom stereocenters. The number of halogens is 1. The number of hydrogen-bond donors (Lipinski definition) is 1. The van der Waals surface area contributed by atoms with E-state index in [0.717, 1.165) is 4.90 Å². The summed E-state index contributed by atoms with van der Waals surface area (Å²) in [6.07, 6.45) is 0. The van der Waals surface area contributed by atoms with Crippen molar-refractivity contribution in [2.24, 2.45) is 0 Å². The molecule has 10 heavy (non-hydrogen) atoms. The van der Waals surface area contributed by atoms with E-state index in [9.17, 15) is 0 Å². The third-order valence-corrected chi connectivity index (χ3v) is 3.05. The van der Waals surface area contributed by atoms with E-state index in [1.165, 1.54) is 14.7 Å². The Bertz CT molecular complexity index is 232. The van der Waals surface area contributed by atoms with Crippen LogP contribution in [0.3, 0.4) is 0 Å². The van der Waals surface area contributed by atoms with Crippen LogP contribution in [0.5, 0.6) is 0 Å². The van der Waals surface area contributed by atoms with Crippen LogP contribution in [0.4, 0.5) is 0 Å². The SMILES string of the molecule is Cc1cc(S)c(C)c(I)c1. The summed E-state index contributed by atoms with van der Waals surface area (Å²) in [5.74, 6) is 0. The van der Waals surface area contributed by atoms with Crippen molar-refractivity contribution in [1.82, 2.24) is 0 Å². The van der Waals surface area contributed by atoms with Crippen LogP contribution < -0.4 is 0 Å². The highest BCUT2D eigenvalue weighted by molar-refractivity contribution is 14.1. The second-order valence-corrected chi connectivity index (χ2v) is 4.03. The number of hydrogen-bond acceptors (Lipinski definition) is 1. The number of aryl methyl sites for hydroxylation is 1. The summed E-state index contributed by atoms with van der Waals surface area (Å²) in [6, 6.07) is 4.25. The topological polar surface area (TPSA) is 0 Å². The van der Waals surface area contributed by atoms with Gasteiger partial charge in [-0.25, -0.2) is 0 Å². The fourth-order valence-electron chi connectivity index (χ4n) is 0.796. The lowest BCUT2D eigenvalue weighted by molar-refractivity contribution is 1.24. The minimum atomic E-state index is 1.09. The van der Waals surface area contributed by atoms with E-state index >= 15 is 0 Å². The summed E-state index contributed by atoms with van der Waals surface area (Å²) in [7, 11) is 0. The molecule has 0 aromatic heterocycles. The molecule has 0 amide bonds. The summed E-state index contributed by atoms with van der Waals surface area (Å²) < 4.78 is 1.29. The van der Waals surface area contributed by atoms with Gasteiger partial charge in [0.05, 0.1) is 0 Å². The third-order valence-electron chi connectivity index (χ3n) is 1.46. The molecular weight excluding hydrogens is 255 g/mol. The predicted molar refractivity (Wildman–Crippen MR) is 55.9 cm³/mol. The van der Waals surface area contributed by atoms with E-state index in [-0.39, 0.29) is 0 Å². The molecule has 0 aliphatic heterocycles. The zero-order valence-electron chi connectivity index (χ0n) is 5.98. The van der Waals surface area contributed by atoms with E-state index < -0.39 is 0 Å². The standard InChI is InChI=1S/C8H9IS/c1-5-3-7(9)6(2)8(10)4-5/h3-4,10H,1-2H3. The van der Waals surface area contributed by atoms with Crippen LogP contribution in [-0.4, -0.2) is 0 Å². The van der Waals surface area contributed by atoms with E-state index in [4.69, 9.17) is 0 Å². The van der Waals surface area contributed by atoms with Crippen molar-refractivity contribution in [3.63, 3.8) is 0 Å². The second kappa shape index (κ2) is 3.13. The average molecular weight is 264 g/mol. The van der Waals surface area contributed by atoms with Crippen LogP contribution in [0.1, 0.15) is 11.1 Å². The van der Waals surface area contributed by atoms with Gasteiger partial charge in [-0.2, -0.15) is 0 Å². The molecule has 0 bridgehead atoms. The Balaban J connectivity index is 3.31. The fraction of sp³-hybridized carbons (Fsp3) is 0.250. The van der Waals surface area contributed by atoms with Gasteiger partial charge in [0.25, 0.3) is 0 Å². The molecule has 0 radical (unpaired) electrons. The number of rotatable bonds is 0. The molecule has 1 aromatic carbocycles. The third kappa shape index (κ3) is 1.66. The number of benzene rings is 1. The minimum Gasteiger partial charge on any atom is -0.143 e. The van der Waals surface area contributed by atoms with Gasteiger partial charge in [-0.3, -0.25) is 0 Å². The van der Waals surface area contributed by atoms with Crippen LogP contribution in [0.25, 0.3) is 0 Å². The van der Waals surface area contributed by atoms with Gasteiger partial charge in [0.2, 0.25) is 0 Å². The molecule has 0 fully saturated rings. The van der Waals surface area contributed by atoms with Gasteiger partial charge in [-0.15, -0.1) is 12.6 Å². The Labute approximate surface area is 80.6 Å². The average Bonchev–Trinajstić information content (AvgIpc) is 1.82. The molecule has 0 N–H and O–H groups in total. The van der Waals surface area contributed by atoms with Crippen molar-refractivity contribution in [2.75, 3.05) is 0 Å². The van der Waals surface area contributed by atoms with Crippen molar-refractivity contribution in [3.05, 3.63) is 26.8 Å². The zero-order valence-corrected chi connectivity index (χ0v) is 9.03. The lowest BCUT2D eigenvalue weighted by Crippen LogP contribution is -1.83. The van der Waals surface area contributed by atoms with E-state index in [0.29, 0.717) is 0 Å². The highest BCUT2D eigenvalue weighted by atomic mass is 127. The van der Waals surface area contributed by atoms with E-state index in [2.05, 4.69) is 61.2 Å². The molecule has 0 aliphatic rings. The summed E-state index contributed by atoms with van der Waals surface area (Å²) in [6.45, 7) is 4.17. The lowest BCUT2D eigenvalue weighted by Gasteiger charge is -2.02. The van der Waals surface area contributed by atoms with Gasteiger partial charge >= 0.3 is 0 Å². The number of thiol groups is 1. The summed E-state index contributed by atoms with van der Waals surface area (Å²) in [5, 5.41) is 0. The highest BCUT2D eigenvalue weighted by Gasteiger charge is 1.98. The molecule has 2 heteroatoms. The Morgan fingerprint density at radius 3 is 2.40 bits per heavy atom. The van der Waals surface area contributed by atoms with Gasteiger partial charge < -0.3 is 0 Å². The van der Waals surface area contributed by atoms with E-state index in [1.807, 2.05) is 0 Å². The highest BCUT2D eigenvalue weighted by Crippen LogP contribution is 2.20. The fourth-order valence-corrected chi connectivity index (χ4v) is 2.12. The summed E-state index contributed by atoms with van der Waals surface area (Å²) in [5.41, 5.74) is 2.55. The van der Waals surface area contributed by atoms with Gasteiger partial charge in [-0.05, 0) is 59.7 Å². The molecule has 0 aliphatic carbocycles. The van der Waals surface area contributed by atoms with Crippen molar-refractivity contribution < 1.29 is 0 Å². The molecule has 1 rings (SSSR count). The normalized spacial score (nSPS) is 10.0. The first kappa shape index (κ1) is 8.40. The van der Waals surface area contributed by atoms with Gasteiger partial charge in [-0.1, -0.05) is 0 Å². The molecule has 54 valence electrons. The molecule has 0 nitrogen and oxygen atoms in total. The quantitative estimate of drug-likeness (QED) is 0.540. The largest absolute Gasteiger partial charge is 0.143 e. The zero-order chi connectivity index (χ0) is 7.72. The van der Waals surface area contributed by atoms with Crippen molar-refractivity contribution in [1.29, 1.82) is 0 Å². The molecule has 0 saturated heterocycles. The first-order valence-electron chi connectivity index (χ1n) is 3.07. The van der Waals surface area contributed by atoms with Crippen LogP contribution in [0, 0.1) is 17.4 Å². The Hall–Kier alpha value is 0.300. The maximum atomic E-state index is 4.33. The van der Waals surface area contributed by atoms with Crippen LogP contribution >= 0.6 is 35.2 Å². The molecule has 0 spiro atoms. The summed E-state index contributed by atoms with van der Waals surface area (Å²) in [4.78, 5) is 1.09.